The summed E-state index contributed by atoms with van der Waals surface area (Å²) in [6.07, 6.45) is 4.20. The van der Waals surface area contributed by atoms with E-state index < -0.39 is 6.10 Å². The number of ether oxygens (including phenoxy) is 2. The van der Waals surface area contributed by atoms with Crippen molar-refractivity contribution in [3.63, 3.8) is 0 Å². The first-order valence-electron chi connectivity index (χ1n) is 6.21. The van der Waals surface area contributed by atoms with Crippen molar-refractivity contribution >= 4 is 22.2 Å². The molecule has 1 amide bonds. The summed E-state index contributed by atoms with van der Waals surface area (Å²) in [5.41, 5.74) is 0.980. The lowest BCUT2D eigenvalue weighted by Gasteiger charge is -2.21. The van der Waals surface area contributed by atoms with E-state index in [4.69, 9.17) is 9.47 Å². The van der Waals surface area contributed by atoms with Crippen LogP contribution in [0.25, 0.3) is 4.96 Å². The standard InChI is InChI=1S/C12H15N3O3S/c16-11(10-8-17-4-5-18-10)13-2-1-9-7-15-3-6-19-12(15)14-9/h3,6-7,10H,1-2,4-5,8H2,(H,13,16). The minimum Gasteiger partial charge on any atom is -0.376 e. The van der Waals surface area contributed by atoms with Crippen molar-refractivity contribution in [3.05, 3.63) is 23.5 Å². The highest BCUT2D eigenvalue weighted by Gasteiger charge is 2.22. The lowest BCUT2D eigenvalue weighted by atomic mass is 10.3. The predicted octanol–water partition coefficient (Wildman–Crippen LogP) is 0.470. The van der Waals surface area contributed by atoms with Crippen LogP contribution >= 0.6 is 11.3 Å². The zero-order valence-electron chi connectivity index (χ0n) is 10.4. The topological polar surface area (TPSA) is 64.9 Å². The average molecular weight is 281 g/mol. The lowest BCUT2D eigenvalue weighted by Crippen LogP contribution is -2.43. The van der Waals surface area contributed by atoms with Gasteiger partial charge in [-0.15, -0.1) is 11.3 Å². The molecule has 0 aliphatic carbocycles. The zero-order chi connectivity index (χ0) is 13.1. The molecule has 1 unspecified atom stereocenters. The summed E-state index contributed by atoms with van der Waals surface area (Å²) >= 11 is 1.60. The van der Waals surface area contributed by atoms with Gasteiger partial charge in [0.15, 0.2) is 11.1 Å². The van der Waals surface area contributed by atoms with Gasteiger partial charge in [-0.3, -0.25) is 9.20 Å². The van der Waals surface area contributed by atoms with Crippen LogP contribution in [0.5, 0.6) is 0 Å². The van der Waals surface area contributed by atoms with E-state index >= 15 is 0 Å². The number of nitrogens with zero attached hydrogens (tertiary/aromatic N) is 2. The Morgan fingerprint density at radius 1 is 1.58 bits per heavy atom. The van der Waals surface area contributed by atoms with Crippen molar-refractivity contribution < 1.29 is 14.3 Å². The fourth-order valence-electron chi connectivity index (χ4n) is 1.96. The summed E-state index contributed by atoms with van der Waals surface area (Å²) in [5, 5.41) is 4.84. The molecule has 1 fully saturated rings. The third kappa shape index (κ3) is 2.94. The van der Waals surface area contributed by atoms with Crippen LogP contribution in [0.15, 0.2) is 17.8 Å². The Morgan fingerprint density at radius 2 is 2.53 bits per heavy atom. The molecule has 0 bridgehead atoms. The molecule has 3 rings (SSSR count). The minimum absolute atomic E-state index is 0.110. The van der Waals surface area contributed by atoms with Gasteiger partial charge < -0.3 is 14.8 Å². The van der Waals surface area contributed by atoms with E-state index in [1.54, 1.807) is 11.3 Å². The predicted molar refractivity (Wildman–Crippen MR) is 70.3 cm³/mol. The second-order valence-corrected chi connectivity index (χ2v) is 5.17. The van der Waals surface area contributed by atoms with E-state index in [2.05, 4.69) is 10.3 Å². The van der Waals surface area contributed by atoms with Gasteiger partial charge in [0.25, 0.3) is 5.91 Å². The van der Waals surface area contributed by atoms with Crippen LogP contribution in [0.2, 0.25) is 0 Å². The average Bonchev–Trinajstić information content (AvgIpc) is 3.00. The van der Waals surface area contributed by atoms with Crippen LogP contribution in [0, 0.1) is 0 Å². The molecular formula is C12H15N3O3S. The molecular weight excluding hydrogens is 266 g/mol. The highest BCUT2D eigenvalue weighted by atomic mass is 32.1. The molecule has 19 heavy (non-hydrogen) atoms. The Labute approximate surface area is 114 Å². The maximum Gasteiger partial charge on any atom is 0.251 e. The molecule has 1 aliphatic rings. The van der Waals surface area contributed by atoms with E-state index in [-0.39, 0.29) is 5.91 Å². The molecule has 1 atom stereocenters. The number of carbonyl (C=O) groups is 1. The Hall–Kier alpha value is -1.44. The van der Waals surface area contributed by atoms with E-state index in [1.165, 1.54) is 0 Å². The maximum absolute atomic E-state index is 11.8. The van der Waals surface area contributed by atoms with Crippen molar-refractivity contribution in [2.75, 3.05) is 26.4 Å². The molecule has 0 spiro atoms. The van der Waals surface area contributed by atoms with Crippen LogP contribution in [0.1, 0.15) is 5.69 Å². The second-order valence-electron chi connectivity index (χ2n) is 4.30. The highest BCUT2D eigenvalue weighted by Crippen LogP contribution is 2.11. The summed E-state index contributed by atoms with van der Waals surface area (Å²) in [5.74, 6) is -0.110. The first-order chi connectivity index (χ1) is 9.33. The number of thiazole rings is 1. The number of aromatic nitrogens is 2. The van der Waals surface area contributed by atoms with Gasteiger partial charge in [0, 0.05) is 30.7 Å². The van der Waals surface area contributed by atoms with Crippen molar-refractivity contribution in [3.8, 4) is 0 Å². The van der Waals surface area contributed by atoms with Gasteiger partial charge >= 0.3 is 0 Å². The van der Waals surface area contributed by atoms with Crippen LogP contribution < -0.4 is 5.32 Å². The monoisotopic (exact) mass is 281 g/mol. The molecule has 3 heterocycles. The second kappa shape index (κ2) is 5.68. The summed E-state index contributed by atoms with van der Waals surface area (Å²) in [7, 11) is 0. The number of fused-ring (bicyclic) bond motifs is 1. The number of carbonyl (C=O) groups excluding carboxylic acids is 1. The minimum atomic E-state index is -0.473. The van der Waals surface area contributed by atoms with Crippen LogP contribution in [-0.4, -0.2) is 47.8 Å². The molecule has 0 aromatic carbocycles. The summed E-state index contributed by atoms with van der Waals surface area (Å²) in [4.78, 5) is 17.2. The molecule has 1 N–H and O–H groups in total. The molecule has 7 heteroatoms. The van der Waals surface area contributed by atoms with Gasteiger partial charge in [-0.1, -0.05) is 0 Å². The Kier molecular flexibility index (Phi) is 3.77. The number of amides is 1. The van der Waals surface area contributed by atoms with Gasteiger partial charge in [-0.25, -0.2) is 4.98 Å². The third-order valence-electron chi connectivity index (χ3n) is 2.93. The number of hydrogen-bond acceptors (Lipinski definition) is 5. The molecule has 102 valence electrons. The van der Waals surface area contributed by atoms with Crippen LogP contribution in [-0.2, 0) is 20.7 Å². The van der Waals surface area contributed by atoms with Crippen molar-refractivity contribution in [1.29, 1.82) is 0 Å². The Morgan fingerprint density at radius 3 is 3.32 bits per heavy atom. The van der Waals surface area contributed by atoms with Crippen molar-refractivity contribution in [1.82, 2.24) is 14.7 Å². The maximum atomic E-state index is 11.8. The van der Waals surface area contributed by atoms with Gasteiger partial charge in [0.05, 0.1) is 25.5 Å². The molecule has 2 aromatic rings. The van der Waals surface area contributed by atoms with Crippen molar-refractivity contribution in [2.45, 2.75) is 12.5 Å². The number of imidazole rings is 1. The smallest absolute Gasteiger partial charge is 0.251 e. The first-order valence-corrected chi connectivity index (χ1v) is 7.09. The summed E-state index contributed by atoms with van der Waals surface area (Å²) in [6, 6.07) is 0. The quantitative estimate of drug-likeness (QED) is 0.885. The third-order valence-corrected chi connectivity index (χ3v) is 3.70. The molecule has 6 nitrogen and oxygen atoms in total. The van der Waals surface area contributed by atoms with Gasteiger partial charge in [-0.05, 0) is 0 Å². The molecule has 0 radical (unpaired) electrons. The molecule has 1 aliphatic heterocycles. The lowest BCUT2D eigenvalue weighted by molar-refractivity contribution is -0.147. The largest absolute Gasteiger partial charge is 0.376 e. The van der Waals surface area contributed by atoms with Crippen molar-refractivity contribution in [2.24, 2.45) is 0 Å². The SMILES string of the molecule is O=C(NCCc1cn2ccsc2n1)C1COCCO1. The molecule has 0 saturated carbocycles. The summed E-state index contributed by atoms with van der Waals surface area (Å²) in [6.45, 7) is 1.94. The fraction of sp³-hybridized carbons (Fsp3) is 0.500. The molecule has 2 aromatic heterocycles. The van der Waals surface area contributed by atoms with E-state index in [0.717, 1.165) is 10.7 Å². The summed E-state index contributed by atoms with van der Waals surface area (Å²) < 4.78 is 12.5. The Balaban J connectivity index is 1.47. The van der Waals surface area contributed by atoms with E-state index in [1.807, 2.05) is 22.2 Å². The number of rotatable bonds is 4. The fourth-order valence-corrected chi connectivity index (χ4v) is 2.68. The normalized spacial score (nSPS) is 19.7. The highest BCUT2D eigenvalue weighted by molar-refractivity contribution is 7.15. The van der Waals surface area contributed by atoms with Gasteiger partial charge in [0.1, 0.15) is 0 Å². The van der Waals surface area contributed by atoms with Crippen LogP contribution in [0.3, 0.4) is 0 Å². The number of hydrogen-bond donors (Lipinski definition) is 1. The zero-order valence-corrected chi connectivity index (χ0v) is 11.2. The van der Waals surface area contributed by atoms with E-state index in [0.29, 0.717) is 32.8 Å². The number of nitrogens with one attached hydrogen (secondary N) is 1. The van der Waals surface area contributed by atoms with Gasteiger partial charge in [-0.2, -0.15) is 0 Å². The first kappa shape index (κ1) is 12.6. The van der Waals surface area contributed by atoms with Gasteiger partial charge in [0.2, 0.25) is 0 Å². The van der Waals surface area contributed by atoms with Crippen LogP contribution in [0.4, 0.5) is 0 Å². The molecule has 1 saturated heterocycles. The Bertz CT molecular complexity index is 531. The van der Waals surface area contributed by atoms with E-state index in [9.17, 15) is 4.79 Å².